The number of hydrogen-bond donors (Lipinski definition) is 1. The third-order valence-corrected chi connectivity index (χ3v) is 2.74. The maximum Gasteiger partial charge on any atom is 0.0143 e. The molecule has 1 aromatic rings. The van der Waals surface area contributed by atoms with Crippen molar-refractivity contribution in [2.24, 2.45) is 5.73 Å². The largest absolute Gasteiger partial charge is 0.327 e. The number of hydrogen-bond acceptors (Lipinski definition) is 1. The molecule has 0 radical (unpaired) electrons. The highest BCUT2D eigenvalue weighted by atomic mass is 14.8. The van der Waals surface area contributed by atoms with Crippen LogP contribution in [0.1, 0.15) is 18.9 Å². The van der Waals surface area contributed by atoms with Crippen molar-refractivity contribution >= 4 is 0 Å². The molecule has 0 spiro atoms. The van der Waals surface area contributed by atoms with Gasteiger partial charge in [-0.05, 0) is 12.0 Å². The van der Waals surface area contributed by atoms with Crippen molar-refractivity contribution in [1.29, 1.82) is 0 Å². The second kappa shape index (κ2) is 2.08. The topological polar surface area (TPSA) is 26.0 Å². The van der Waals surface area contributed by atoms with Gasteiger partial charge in [0.15, 0.2) is 0 Å². The molecule has 0 aliphatic heterocycles. The average Bonchev–Trinajstić information content (AvgIpc) is 2.64. The summed E-state index contributed by atoms with van der Waals surface area (Å²) < 4.78 is 0. The Morgan fingerprint density at radius 3 is 2.36 bits per heavy atom. The quantitative estimate of drug-likeness (QED) is 0.642. The molecule has 58 valence electrons. The summed E-state index contributed by atoms with van der Waals surface area (Å²) >= 11 is 0. The van der Waals surface area contributed by atoms with Crippen molar-refractivity contribution in [2.45, 2.75) is 24.8 Å². The van der Waals surface area contributed by atoms with Gasteiger partial charge in [0.2, 0.25) is 0 Å². The van der Waals surface area contributed by atoms with E-state index in [0.717, 1.165) is 6.42 Å². The maximum absolute atomic E-state index is 5.83. The van der Waals surface area contributed by atoms with E-state index in [1.807, 2.05) is 6.07 Å². The first kappa shape index (κ1) is 6.86. The van der Waals surface area contributed by atoms with E-state index < -0.39 is 0 Å². The van der Waals surface area contributed by atoms with Crippen LogP contribution in [-0.2, 0) is 5.41 Å². The molecule has 2 unspecified atom stereocenters. The van der Waals surface area contributed by atoms with Gasteiger partial charge >= 0.3 is 0 Å². The Kier molecular flexibility index (Phi) is 1.30. The minimum Gasteiger partial charge on any atom is -0.327 e. The van der Waals surface area contributed by atoms with Gasteiger partial charge in [-0.2, -0.15) is 0 Å². The molecule has 11 heavy (non-hydrogen) atoms. The summed E-state index contributed by atoms with van der Waals surface area (Å²) in [6, 6.07) is 10.9. The first-order valence-corrected chi connectivity index (χ1v) is 4.04. The zero-order chi connectivity index (χ0) is 7.90. The Bertz CT molecular complexity index is 255. The summed E-state index contributed by atoms with van der Waals surface area (Å²) in [6.07, 6.45) is 1.14. The van der Waals surface area contributed by atoms with Crippen molar-refractivity contribution in [2.75, 3.05) is 0 Å². The molecule has 0 bridgehead atoms. The monoisotopic (exact) mass is 147 g/mol. The van der Waals surface area contributed by atoms with Crippen LogP contribution in [0.15, 0.2) is 30.3 Å². The lowest BCUT2D eigenvalue weighted by molar-refractivity contribution is 0.741. The van der Waals surface area contributed by atoms with Crippen molar-refractivity contribution in [3.05, 3.63) is 35.9 Å². The first-order valence-electron chi connectivity index (χ1n) is 4.04. The Morgan fingerprint density at radius 2 is 1.91 bits per heavy atom. The molecule has 1 aromatic carbocycles. The highest BCUT2D eigenvalue weighted by Crippen LogP contribution is 2.46. The summed E-state index contributed by atoms with van der Waals surface area (Å²) in [6.45, 7) is 2.23. The van der Waals surface area contributed by atoms with Crippen LogP contribution in [0, 0.1) is 0 Å². The third-order valence-electron chi connectivity index (χ3n) is 2.74. The fourth-order valence-corrected chi connectivity index (χ4v) is 1.55. The third kappa shape index (κ3) is 0.962. The Balaban J connectivity index is 2.32. The SMILES string of the molecule is CC1(c2ccccc2)CC1N. The molecule has 1 aliphatic carbocycles. The van der Waals surface area contributed by atoms with Crippen molar-refractivity contribution in [1.82, 2.24) is 0 Å². The lowest BCUT2D eigenvalue weighted by Gasteiger charge is -2.08. The maximum atomic E-state index is 5.83. The van der Waals surface area contributed by atoms with Crippen LogP contribution < -0.4 is 5.73 Å². The number of nitrogens with two attached hydrogens (primary N) is 1. The number of benzene rings is 1. The fourth-order valence-electron chi connectivity index (χ4n) is 1.55. The average molecular weight is 147 g/mol. The predicted molar refractivity (Wildman–Crippen MR) is 46.4 cm³/mol. The molecule has 0 saturated heterocycles. The second-order valence-corrected chi connectivity index (χ2v) is 3.59. The van der Waals surface area contributed by atoms with E-state index in [4.69, 9.17) is 5.73 Å². The molecule has 0 aromatic heterocycles. The molecule has 2 atom stereocenters. The molecule has 2 N–H and O–H groups in total. The Hall–Kier alpha value is -0.820. The van der Waals surface area contributed by atoms with Crippen LogP contribution in [0.4, 0.5) is 0 Å². The van der Waals surface area contributed by atoms with Crippen LogP contribution in [0.2, 0.25) is 0 Å². The zero-order valence-electron chi connectivity index (χ0n) is 6.75. The van der Waals surface area contributed by atoms with E-state index in [2.05, 4.69) is 31.2 Å². The van der Waals surface area contributed by atoms with Gasteiger partial charge in [0.1, 0.15) is 0 Å². The molecule has 0 heterocycles. The van der Waals surface area contributed by atoms with Gasteiger partial charge in [-0.25, -0.2) is 0 Å². The lowest BCUT2D eigenvalue weighted by Crippen LogP contribution is -2.14. The van der Waals surface area contributed by atoms with Gasteiger partial charge in [-0.3, -0.25) is 0 Å². The van der Waals surface area contributed by atoms with Crippen LogP contribution in [0.3, 0.4) is 0 Å². The van der Waals surface area contributed by atoms with Gasteiger partial charge < -0.3 is 5.73 Å². The number of rotatable bonds is 1. The van der Waals surface area contributed by atoms with Crippen molar-refractivity contribution < 1.29 is 0 Å². The van der Waals surface area contributed by atoms with Crippen molar-refractivity contribution in [3.8, 4) is 0 Å². The van der Waals surface area contributed by atoms with Gasteiger partial charge in [0.25, 0.3) is 0 Å². The van der Waals surface area contributed by atoms with Gasteiger partial charge in [-0.15, -0.1) is 0 Å². The van der Waals surface area contributed by atoms with Crippen LogP contribution >= 0.6 is 0 Å². The summed E-state index contributed by atoms with van der Waals surface area (Å²) in [5, 5.41) is 0. The molecule has 0 amide bonds. The minimum atomic E-state index is 0.279. The minimum absolute atomic E-state index is 0.279. The fraction of sp³-hybridized carbons (Fsp3) is 0.400. The highest BCUT2D eigenvalue weighted by Gasteiger charge is 2.48. The molecule has 1 nitrogen and oxygen atoms in total. The second-order valence-electron chi connectivity index (χ2n) is 3.59. The van der Waals surface area contributed by atoms with Gasteiger partial charge in [0, 0.05) is 11.5 Å². The van der Waals surface area contributed by atoms with E-state index in [1.54, 1.807) is 0 Å². The predicted octanol–water partition coefficient (Wildman–Crippen LogP) is 1.68. The Morgan fingerprint density at radius 1 is 1.36 bits per heavy atom. The molecule has 2 rings (SSSR count). The summed E-state index contributed by atoms with van der Waals surface area (Å²) in [5.41, 5.74) is 7.49. The molecule has 1 heteroatoms. The Labute approximate surface area is 67.2 Å². The zero-order valence-corrected chi connectivity index (χ0v) is 6.75. The van der Waals surface area contributed by atoms with E-state index in [1.165, 1.54) is 5.56 Å². The van der Waals surface area contributed by atoms with Gasteiger partial charge in [-0.1, -0.05) is 37.3 Å². The highest BCUT2D eigenvalue weighted by molar-refractivity contribution is 5.34. The standard InChI is InChI=1S/C10H13N/c1-10(7-9(10)11)8-5-3-2-4-6-8/h2-6,9H,7,11H2,1H3. The van der Waals surface area contributed by atoms with Crippen LogP contribution in [-0.4, -0.2) is 6.04 Å². The van der Waals surface area contributed by atoms with Gasteiger partial charge in [0.05, 0.1) is 0 Å². The molecular weight excluding hydrogens is 134 g/mol. The van der Waals surface area contributed by atoms with Crippen molar-refractivity contribution in [3.63, 3.8) is 0 Å². The summed E-state index contributed by atoms with van der Waals surface area (Å²) in [7, 11) is 0. The van der Waals surface area contributed by atoms with E-state index in [9.17, 15) is 0 Å². The normalized spacial score (nSPS) is 35.3. The molecular formula is C10H13N. The molecule has 1 saturated carbocycles. The summed E-state index contributed by atoms with van der Waals surface area (Å²) in [4.78, 5) is 0. The smallest absolute Gasteiger partial charge is 0.0143 e. The summed E-state index contributed by atoms with van der Waals surface area (Å²) in [5.74, 6) is 0. The molecule has 1 aliphatic rings. The lowest BCUT2D eigenvalue weighted by atomic mass is 9.98. The van der Waals surface area contributed by atoms with E-state index in [0.29, 0.717) is 6.04 Å². The first-order chi connectivity index (χ1) is 5.23. The van der Waals surface area contributed by atoms with Crippen LogP contribution in [0.5, 0.6) is 0 Å². The molecule has 1 fully saturated rings. The van der Waals surface area contributed by atoms with Crippen LogP contribution in [0.25, 0.3) is 0 Å². The van der Waals surface area contributed by atoms with E-state index >= 15 is 0 Å². The van der Waals surface area contributed by atoms with E-state index in [-0.39, 0.29) is 5.41 Å².